The van der Waals surface area contributed by atoms with E-state index in [9.17, 15) is 14.5 Å². The lowest BCUT2D eigenvalue weighted by molar-refractivity contribution is -0.387. The standard InChI is InChI=1S/C12H14FNO4/c13-11-7-10(1-2-12(11)14(15)16)18-8-9-3-5-17-6-4-9/h1-2,7,9H,3-6,8H2. The fourth-order valence-electron chi connectivity index (χ4n) is 1.85. The van der Waals surface area contributed by atoms with E-state index >= 15 is 0 Å². The zero-order valence-corrected chi connectivity index (χ0v) is 9.80. The van der Waals surface area contributed by atoms with Crippen molar-refractivity contribution in [1.82, 2.24) is 0 Å². The van der Waals surface area contributed by atoms with E-state index in [4.69, 9.17) is 9.47 Å². The van der Waals surface area contributed by atoms with Gasteiger partial charge in [-0.05, 0) is 24.8 Å². The highest BCUT2D eigenvalue weighted by Gasteiger charge is 2.17. The first-order valence-corrected chi connectivity index (χ1v) is 5.81. The average Bonchev–Trinajstić information content (AvgIpc) is 2.37. The molecule has 0 aliphatic carbocycles. The molecule has 1 aliphatic rings. The van der Waals surface area contributed by atoms with Crippen LogP contribution in [-0.4, -0.2) is 24.7 Å². The third-order valence-electron chi connectivity index (χ3n) is 2.94. The number of nitro benzene ring substituents is 1. The molecule has 0 saturated carbocycles. The van der Waals surface area contributed by atoms with Crippen molar-refractivity contribution in [3.05, 3.63) is 34.1 Å². The van der Waals surface area contributed by atoms with Gasteiger partial charge in [-0.3, -0.25) is 10.1 Å². The van der Waals surface area contributed by atoms with Crippen LogP contribution in [-0.2, 0) is 4.74 Å². The van der Waals surface area contributed by atoms with Gasteiger partial charge in [-0.25, -0.2) is 0 Å². The van der Waals surface area contributed by atoms with E-state index in [2.05, 4.69) is 0 Å². The molecule has 1 aliphatic heterocycles. The van der Waals surface area contributed by atoms with Gasteiger partial charge in [0.25, 0.3) is 0 Å². The van der Waals surface area contributed by atoms with Gasteiger partial charge in [0.05, 0.1) is 11.5 Å². The number of hydrogen-bond acceptors (Lipinski definition) is 4. The molecule has 98 valence electrons. The second-order valence-electron chi connectivity index (χ2n) is 4.24. The van der Waals surface area contributed by atoms with Gasteiger partial charge in [0.2, 0.25) is 5.82 Å². The van der Waals surface area contributed by atoms with Crippen LogP contribution in [0.5, 0.6) is 5.75 Å². The molecule has 0 bridgehead atoms. The highest BCUT2D eigenvalue weighted by Crippen LogP contribution is 2.23. The van der Waals surface area contributed by atoms with Gasteiger partial charge in [-0.15, -0.1) is 0 Å². The van der Waals surface area contributed by atoms with Crippen LogP contribution in [0.15, 0.2) is 18.2 Å². The third kappa shape index (κ3) is 3.16. The number of halogens is 1. The van der Waals surface area contributed by atoms with Crippen molar-refractivity contribution in [3.8, 4) is 5.75 Å². The maximum atomic E-state index is 13.3. The van der Waals surface area contributed by atoms with E-state index in [1.807, 2.05) is 0 Å². The van der Waals surface area contributed by atoms with Gasteiger partial charge in [-0.1, -0.05) is 0 Å². The lowest BCUT2D eigenvalue weighted by atomic mass is 10.0. The lowest BCUT2D eigenvalue weighted by Crippen LogP contribution is -2.21. The Hall–Kier alpha value is -1.69. The van der Waals surface area contributed by atoms with Crippen LogP contribution in [0.2, 0.25) is 0 Å². The molecule has 0 radical (unpaired) electrons. The number of rotatable bonds is 4. The van der Waals surface area contributed by atoms with E-state index in [0.29, 0.717) is 18.3 Å². The van der Waals surface area contributed by atoms with E-state index < -0.39 is 16.4 Å². The summed E-state index contributed by atoms with van der Waals surface area (Å²) < 4.78 is 24.0. The molecule has 0 N–H and O–H groups in total. The van der Waals surface area contributed by atoms with Gasteiger partial charge >= 0.3 is 5.69 Å². The van der Waals surface area contributed by atoms with Gasteiger partial charge in [0, 0.05) is 25.3 Å². The first kappa shape index (κ1) is 12.8. The Kier molecular flexibility index (Phi) is 4.09. The summed E-state index contributed by atoms with van der Waals surface area (Å²) in [5, 5.41) is 10.4. The first-order chi connectivity index (χ1) is 8.66. The molecule has 0 spiro atoms. The summed E-state index contributed by atoms with van der Waals surface area (Å²) in [6.45, 7) is 1.94. The van der Waals surface area contributed by atoms with Crippen molar-refractivity contribution in [2.24, 2.45) is 5.92 Å². The van der Waals surface area contributed by atoms with Crippen LogP contribution in [0, 0.1) is 21.8 Å². The normalized spacial score (nSPS) is 16.5. The largest absolute Gasteiger partial charge is 0.493 e. The molecule has 0 amide bonds. The van der Waals surface area contributed by atoms with Crippen LogP contribution in [0.4, 0.5) is 10.1 Å². The summed E-state index contributed by atoms with van der Waals surface area (Å²) in [6, 6.07) is 3.59. The van der Waals surface area contributed by atoms with Crippen molar-refractivity contribution in [1.29, 1.82) is 0 Å². The van der Waals surface area contributed by atoms with E-state index in [1.54, 1.807) is 0 Å². The van der Waals surface area contributed by atoms with Gasteiger partial charge in [-0.2, -0.15) is 4.39 Å². The number of hydrogen-bond donors (Lipinski definition) is 0. The van der Waals surface area contributed by atoms with Crippen LogP contribution < -0.4 is 4.74 Å². The zero-order valence-electron chi connectivity index (χ0n) is 9.80. The van der Waals surface area contributed by atoms with Gasteiger partial charge in [0.15, 0.2) is 0 Å². The summed E-state index contributed by atoms with van der Waals surface area (Å²) in [5.41, 5.74) is -0.534. The quantitative estimate of drug-likeness (QED) is 0.612. The van der Waals surface area contributed by atoms with Crippen molar-refractivity contribution in [2.75, 3.05) is 19.8 Å². The minimum atomic E-state index is -0.871. The molecule has 0 atom stereocenters. The molecule has 1 aromatic rings. The lowest BCUT2D eigenvalue weighted by Gasteiger charge is -2.22. The number of ether oxygens (including phenoxy) is 2. The molecule has 18 heavy (non-hydrogen) atoms. The molecule has 0 unspecified atom stereocenters. The average molecular weight is 255 g/mol. The van der Waals surface area contributed by atoms with Crippen LogP contribution in [0.1, 0.15) is 12.8 Å². The molecule has 6 heteroatoms. The maximum Gasteiger partial charge on any atom is 0.305 e. The number of benzene rings is 1. The predicted molar refractivity (Wildman–Crippen MR) is 62.1 cm³/mol. The van der Waals surface area contributed by atoms with Crippen LogP contribution in [0.25, 0.3) is 0 Å². The van der Waals surface area contributed by atoms with E-state index in [1.165, 1.54) is 6.07 Å². The molecule has 5 nitrogen and oxygen atoms in total. The van der Waals surface area contributed by atoms with Gasteiger partial charge < -0.3 is 9.47 Å². The fraction of sp³-hybridized carbons (Fsp3) is 0.500. The Morgan fingerprint density at radius 3 is 2.78 bits per heavy atom. The second kappa shape index (κ2) is 5.77. The summed E-state index contributed by atoms with van der Waals surface area (Å²) in [6.07, 6.45) is 1.85. The molecular weight excluding hydrogens is 241 g/mol. The molecule has 0 aromatic heterocycles. The first-order valence-electron chi connectivity index (χ1n) is 5.81. The molecule has 1 heterocycles. The number of nitrogens with zero attached hydrogens (tertiary/aromatic N) is 1. The molecule has 1 fully saturated rings. The topological polar surface area (TPSA) is 61.6 Å². The SMILES string of the molecule is O=[N+]([O-])c1ccc(OCC2CCOCC2)cc1F. The summed E-state index contributed by atoms with van der Waals surface area (Å²) in [4.78, 5) is 9.70. The van der Waals surface area contributed by atoms with Crippen LogP contribution in [0.3, 0.4) is 0 Å². The third-order valence-corrected chi connectivity index (χ3v) is 2.94. The van der Waals surface area contributed by atoms with Crippen molar-refractivity contribution < 1.29 is 18.8 Å². The Morgan fingerprint density at radius 1 is 1.44 bits per heavy atom. The maximum absolute atomic E-state index is 13.3. The van der Waals surface area contributed by atoms with Gasteiger partial charge in [0.1, 0.15) is 5.75 Å². The van der Waals surface area contributed by atoms with Crippen molar-refractivity contribution in [2.45, 2.75) is 12.8 Å². The summed E-state index contributed by atoms with van der Waals surface area (Å²) in [7, 11) is 0. The molecule has 1 saturated heterocycles. The molecular formula is C12H14FNO4. The predicted octanol–water partition coefficient (Wildman–Crippen LogP) is 2.54. The Bertz CT molecular complexity index is 432. The Labute approximate surface area is 104 Å². The van der Waals surface area contributed by atoms with Crippen molar-refractivity contribution in [3.63, 3.8) is 0 Å². The minimum Gasteiger partial charge on any atom is -0.493 e. The smallest absolute Gasteiger partial charge is 0.305 e. The highest BCUT2D eigenvalue weighted by molar-refractivity contribution is 5.37. The Balaban J connectivity index is 1.93. The second-order valence-corrected chi connectivity index (χ2v) is 4.24. The van der Waals surface area contributed by atoms with Crippen LogP contribution >= 0.6 is 0 Å². The molecule has 1 aromatic carbocycles. The highest BCUT2D eigenvalue weighted by atomic mass is 19.1. The zero-order chi connectivity index (χ0) is 13.0. The fourth-order valence-corrected chi connectivity index (χ4v) is 1.85. The molecule has 2 rings (SSSR count). The summed E-state index contributed by atoms with van der Waals surface area (Å²) in [5.74, 6) is -0.147. The Morgan fingerprint density at radius 2 is 2.17 bits per heavy atom. The summed E-state index contributed by atoms with van der Waals surface area (Å²) >= 11 is 0. The number of nitro groups is 1. The van der Waals surface area contributed by atoms with E-state index in [0.717, 1.165) is 38.2 Å². The minimum absolute atomic E-state index is 0.324. The van der Waals surface area contributed by atoms with E-state index in [-0.39, 0.29) is 0 Å². The van der Waals surface area contributed by atoms with Crippen molar-refractivity contribution >= 4 is 5.69 Å². The monoisotopic (exact) mass is 255 g/mol.